The van der Waals surface area contributed by atoms with Crippen molar-refractivity contribution in [2.24, 2.45) is 0 Å². The number of nitrogens with one attached hydrogen (secondary N) is 1. The molecular weight excluding hydrogens is 288 g/mol. The average Bonchev–Trinajstić information content (AvgIpc) is 2.42. The van der Waals surface area contributed by atoms with Crippen molar-refractivity contribution in [2.45, 2.75) is 13.8 Å². The zero-order valence-corrected chi connectivity index (χ0v) is 12.9. The topological polar surface area (TPSA) is 64.3 Å². The number of hydrogen-bond donors (Lipinski definition) is 2. The third kappa shape index (κ3) is 3.28. The summed E-state index contributed by atoms with van der Waals surface area (Å²) in [6.45, 7) is 3.71. The number of methoxy groups -OCH3 is 1. The van der Waals surface area contributed by atoms with Gasteiger partial charge in [0.15, 0.2) is 0 Å². The van der Waals surface area contributed by atoms with Crippen LogP contribution in [0.25, 0.3) is 0 Å². The van der Waals surface area contributed by atoms with Crippen LogP contribution in [0.15, 0.2) is 30.3 Å². The van der Waals surface area contributed by atoms with Gasteiger partial charge in [-0.2, -0.15) is 0 Å². The molecule has 5 heteroatoms. The lowest BCUT2D eigenvalue weighted by Crippen LogP contribution is -2.14. The highest BCUT2D eigenvalue weighted by Gasteiger charge is 2.13. The first-order chi connectivity index (χ1) is 9.92. The number of carbonyl (C=O) groups excluding carboxylic acids is 1. The van der Waals surface area contributed by atoms with Crippen molar-refractivity contribution in [3.05, 3.63) is 52.0 Å². The molecule has 0 aliphatic rings. The van der Waals surface area contributed by atoms with Gasteiger partial charge in [0.05, 0.1) is 12.8 Å². The molecule has 0 unspecified atom stereocenters. The average molecular weight is 305 g/mol. The van der Waals surface area contributed by atoms with Crippen LogP contribution in [0.1, 0.15) is 21.5 Å². The van der Waals surface area contributed by atoms with E-state index in [9.17, 15) is 4.79 Å². The molecule has 0 spiro atoms. The summed E-state index contributed by atoms with van der Waals surface area (Å²) in [6, 6.07) is 8.63. The van der Waals surface area contributed by atoms with Gasteiger partial charge in [-0.25, -0.2) is 0 Å². The van der Waals surface area contributed by atoms with Gasteiger partial charge in [-0.3, -0.25) is 4.79 Å². The first kappa shape index (κ1) is 15.2. The molecular formula is C16H17ClN2O2. The number of rotatable bonds is 3. The summed E-state index contributed by atoms with van der Waals surface area (Å²) in [4.78, 5) is 12.4. The van der Waals surface area contributed by atoms with Crippen molar-refractivity contribution in [1.29, 1.82) is 0 Å². The number of anilines is 2. The molecule has 0 fully saturated rings. The maximum atomic E-state index is 12.4. The molecule has 21 heavy (non-hydrogen) atoms. The van der Waals surface area contributed by atoms with E-state index in [-0.39, 0.29) is 5.91 Å². The minimum atomic E-state index is -0.215. The van der Waals surface area contributed by atoms with Gasteiger partial charge in [0.2, 0.25) is 0 Å². The van der Waals surface area contributed by atoms with E-state index in [0.717, 1.165) is 11.1 Å². The molecule has 110 valence electrons. The first-order valence-corrected chi connectivity index (χ1v) is 6.81. The van der Waals surface area contributed by atoms with E-state index in [0.29, 0.717) is 27.7 Å². The van der Waals surface area contributed by atoms with Crippen LogP contribution in [0, 0.1) is 13.8 Å². The lowest BCUT2D eigenvalue weighted by atomic mass is 10.1. The van der Waals surface area contributed by atoms with E-state index in [1.54, 1.807) is 30.3 Å². The number of aryl methyl sites for hydroxylation is 2. The largest absolute Gasteiger partial charge is 0.495 e. The summed E-state index contributed by atoms with van der Waals surface area (Å²) >= 11 is 6.05. The second kappa shape index (κ2) is 6.06. The number of nitrogens with two attached hydrogens (primary N) is 1. The van der Waals surface area contributed by atoms with Crippen LogP contribution in [-0.2, 0) is 0 Å². The molecule has 0 radical (unpaired) electrons. The Kier molecular flexibility index (Phi) is 4.38. The van der Waals surface area contributed by atoms with E-state index in [2.05, 4.69) is 5.32 Å². The molecule has 2 aromatic rings. The van der Waals surface area contributed by atoms with Crippen molar-refractivity contribution < 1.29 is 9.53 Å². The predicted octanol–water partition coefficient (Wildman–Crippen LogP) is 3.80. The molecule has 0 saturated heterocycles. The van der Waals surface area contributed by atoms with E-state index in [1.165, 1.54) is 7.11 Å². The normalized spacial score (nSPS) is 10.3. The molecule has 0 heterocycles. The molecule has 2 rings (SSSR count). The Hall–Kier alpha value is -2.20. The van der Waals surface area contributed by atoms with Gasteiger partial charge in [0, 0.05) is 22.3 Å². The van der Waals surface area contributed by atoms with E-state index >= 15 is 0 Å². The van der Waals surface area contributed by atoms with Gasteiger partial charge in [0.25, 0.3) is 5.91 Å². The van der Waals surface area contributed by atoms with Gasteiger partial charge in [-0.1, -0.05) is 11.6 Å². The van der Waals surface area contributed by atoms with Crippen molar-refractivity contribution in [3.8, 4) is 5.75 Å². The third-order valence-corrected chi connectivity index (χ3v) is 3.63. The highest BCUT2D eigenvalue weighted by Crippen LogP contribution is 2.31. The molecule has 0 aromatic heterocycles. The van der Waals surface area contributed by atoms with Crippen LogP contribution in [-0.4, -0.2) is 13.0 Å². The van der Waals surface area contributed by atoms with Gasteiger partial charge < -0.3 is 15.8 Å². The molecule has 2 aromatic carbocycles. The fourth-order valence-corrected chi connectivity index (χ4v) is 2.21. The summed E-state index contributed by atoms with van der Waals surface area (Å²) in [5, 5.41) is 3.43. The lowest BCUT2D eigenvalue weighted by Gasteiger charge is -2.13. The number of halogens is 1. The lowest BCUT2D eigenvalue weighted by molar-refractivity contribution is 0.102. The van der Waals surface area contributed by atoms with Crippen LogP contribution in [0.4, 0.5) is 11.4 Å². The molecule has 0 bridgehead atoms. The van der Waals surface area contributed by atoms with Crippen molar-refractivity contribution in [1.82, 2.24) is 0 Å². The van der Waals surface area contributed by atoms with Crippen molar-refractivity contribution in [3.63, 3.8) is 0 Å². The quantitative estimate of drug-likeness (QED) is 0.848. The van der Waals surface area contributed by atoms with E-state index in [1.807, 2.05) is 13.8 Å². The first-order valence-electron chi connectivity index (χ1n) is 6.44. The minimum Gasteiger partial charge on any atom is -0.495 e. The summed E-state index contributed by atoms with van der Waals surface area (Å²) in [5.74, 6) is 0.305. The Morgan fingerprint density at radius 3 is 2.52 bits per heavy atom. The Morgan fingerprint density at radius 1 is 1.19 bits per heavy atom. The number of nitrogen functional groups attached to an aromatic ring is 1. The predicted molar refractivity (Wildman–Crippen MR) is 86.3 cm³/mol. The number of carbonyl (C=O) groups is 1. The van der Waals surface area contributed by atoms with Crippen LogP contribution in [0.2, 0.25) is 5.02 Å². The molecule has 4 nitrogen and oxygen atoms in total. The third-order valence-electron chi connectivity index (χ3n) is 3.22. The Morgan fingerprint density at radius 2 is 1.90 bits per heavy atom. The zero-order valence-electron chi connectivity index (χ0n) is 12.2. The van der Waals surface area contributed by atoms with Crippen molar-refractivity contribution >= 4 is 28.9 Å². The summed E-state index contributed by atoms with van der Waals surface area (Å²) in [7, 11) is 1.53. The highest BCUT2D eigenvalue weighted by molar-refractivity contribution is 6.31. The van der Waals surface area contributed by atoms with Crippen LogP contribution in [0.5, 0.6) is 5.75 Å². The highest BCUT2D eigenvalue weighted by atomic mass is 35.5. The Balaban J connectivity index is 2.33. The smallest absolute Gasteiger partial charge is 0.256 e. The standard InChI is InChI=1S/C16H17ClN2O2/c1-9-6-11(18)4-5-12(9)16(20)19-14-7-10(2)13(17)8-15(14)21-3/h4-8H,18H2,1-3H3,(H,19,20). The van der Waals surface area contributed by atoms with E-state index < -0.39 is 0 Å². The van der Waals surface area contributed by atoms with Crippen LogP contribution >= 0.6 is 11.6 Å². The Labute approximate surface area is 128 Å². The second-order valence-corrected chi connectivity index (χ2v) is 5.24. The van der Waals surface area contributed by atoms with Gasteiger partial charge in [-0.05, 0) is 49.2 Å². The summed E-state index contributed by atoms with van der Waals surface area (Å²) in [5.41, 5.74) is 9.16. The van der Waals surface area contributed by atoms with Gasteiger partial charge in [0.1, 0.15) is 5.75 Å². The number of amides is 1. The monoisotopic (exact) mass is 304 g/mol. The fourth-order valence-electron chi connectivity index (χ4n) is 2.06. The zero-order chi connectivity index (χ0) is 15.6. The van der Waals surface area contributed by atoms with Gasteiger partial charge in [-0.15, -0.1) is 0 Å². The molecule has 0 aliphatic carbocycles. The number of benzene rings is 2. The molecule has 0 atom stereocenters. The summed E-state index contributed by atoms with van der Waals surface area (Å²) < 4.78 is 5.25. The summed E-state index contributed by atoms with van der Waals surface area (Å²) in [6.07, 6.45) is 0. The van der Waals surface area contributed by atoms with Crippen molar-refractivity contribution in [2.75, 3.05) is 18.2 Å². The molecule has 0 aliphatic heterocycles. The SMILES string of the molecule is COc1cc(Cl)c(C)cc1NC(=O)c1ccc(N)cc1C. The molecule has 0 saturated carbocycles. The van der Waals surface area contributed by atoms with E-state index in [4.69, 9.17) is 22.1 Å². The molecule has 1 amide bonds. The maximum Gasteiger partial charge on any atom is 0.256 e. The fraction of sp³-hybridized carbons (Fsp3) is 0.188. The van der Waals surface area contributed by atoms with Crippen LogP contribution in [0.3, 0.4) is 0 Å². The number of ether oxygens (including phenoxy) is 1. The molecule has 3 N–H and O–H groups in total. The minimum absolute atomic E-state index is 0.215. The Bertz CT molecular complexity index is 699. The van der Waals surface area contributed by atoms with Gasteiger partial charge >= 0.3 is 0 Å². The number of hydrogen-bond acceptors (Lipinski definition) is 3. The second-order valence-electron chi connectivity index (χ2n) is 4.83. The maximum absolute atomic E-state index is 12.4. The van der Waals surface area contributed by atoms with Crippen LogP contribution < -0.4 is 15.8 Å².